The molecule has 2 aromatic rings. The molecular formula is C21H27ClN2O4S. The SMILES string of the molecule is CCCc1ccc(OCCNC(=O)CN(c2cc(Cl)ccc2C)S(C)(=O)=O)cc1. The molecule has 2 aromatic carbocycles. The molecule has 8 heteroatoms. The molecule has 0 bridgehead atoms. The van der Waals surface area contributed by atoms with E-state index in [2.05, 4.69) is 12.2 Å². The Hall–Kier alpha value is -2.25. The fourth-order valence-corrected chi connectivity index (χ4v) is 3.89. The number of nitrogens with one attached hydrogen (secondary N) is 1. The fraction of sp³-hybridized carbons (Fsp3) is 0.381. The topological polar surface area (TPSA) is 75.7 Å². The second kappa shape index (κ2) is 10.5. The molecule has 0 fully saturated rings. The smallest absolute Gasteiger partial charge is 0.240 e. The van der Waals surface area contributed by atoms with Crippen molar-refractivity contribution >= 4 is 33.2 Å². The van der Waals surface area contributed by atoms with Crippen molar-refractivity contribution in [1.29, 1.82) is 0 Å². The molecular weight excluding hydrogens is 412 g/mol. The zero-order valence-corrected chi connectivity index (χ0v) is 18.5. The van der Waals surface area contributed by atoms with Crippen molar-refractivity contribution in [3.05, 3.63) is 58.6 Å². The maximum Gasteiger partial charge on any atom is 0.240 e. The van der Waals surface area contributed by atoms with Crippen molar-refractivity contribution < 1.29 is 17.9 Å². The minimum absolute atomic E-state index is 0.266. The monoisotopic (exact) mass is 438 g/mol. The molecule has 0 saturated heterocycles. The first-order valence-corrected chi connectivity index (χ1v) is 11.7. The number of hydrogen-bond donors (Lipinski definition) is 1. The number of rotatable bonds is 10. The van der Waals surface area contributed by atoms with Crippen LogP contribution in [0.1, 0.15) is 24.5 Å². The summed E-state index contributed by atoms with van der Waals surface area (Å²) in [6.07, 6.45) is 3.18. The van der Waals surface area contributed by atoms with Gasteiger partial charge in [-0.2, -0.15) is 0 Å². The molecule has 0 heterocycles. The van der Waals surface area contributed by atoms with Gasteiger partial charge in [0.05, 0.1) is 18.5 Å². The van der Waals surface area contributed by atoms with Crippen LogP contribution in [0, 0.1) is 6.92 Å². The molecule has 1 amide bonds. The summed E-state index contributed by atoms with van der Waals surface area (Å²) in [4.78, 5) is 12.3. The zero-order valence-electron chi connectivity index (χ0n) is 16.9. The molecule has 0 aromatic heterocycles. The van der Waals surface area contributed by atoms with Gasteiger partial charge in [0.2, 0.25) is 15.9 Å². The summed E-state index contributed by atoms with van der Waals surface area (Å²) in [6.45, 7) is 4.12. The summed E-state index contributed by atoms with van der Waals surface area (Å²) >= 11 is 6.00. The number of halogens is 1. The number of carbonyl (C=O) groups excluding carboxylic acids is 1. The first-order valence-electron chi connectivity index (χ1n) is 9.43. The van der Waals surface area contributed by atoms with Crippen LogP contribution < -0.4 is 14.4 Å². The second-order valence-corrected chi connectivity index (χ2v) is 9.14. The summed E-state index contributed by atoms with van der Waals surface area (Å²) < 4.78 is 31.1. The van der Waals surface area contributed by atoms with E-state index in [1.807, 2.05) is 24.3 Å². The molecule has 0 unspecified atom stereocenters. The molecule has 0 saturated carbocycles. The lowest BCUT2D eigenvalue weighted by Gasteiger charge is -2.23. The number of amides is 1. The van der Waals surface area contributed by atoms with Crippen LogP contribution in [0.15, 0.2) is 42.5 Å². The maximum absolute atomic E-state index is 12.3. The standard InChI is InChI=1S/C21H27ClN2O4S/c1-4-5-17-7-10-19(11-8-17)28-13-12-23-21(25)15-24(29(3,26)27)20-14-18(22)9-6-16(20)2/h6-11,14H,4-5,12-13,15H2,1-3H3,(H,23,25). The number of hydrogen-bond acceptors (Lipinski definition) is 4. The van der Waals surface area contributed by atoms with Crippen molar-refractivity contribution in [3.8, 4) is 5.75 Å². The van der Waals surface area contributed by atoms with Crippen molar-refractivity contribution in [2.75, 3.05) is 30.3 Å². The third-order valence-electron chi connectivity index (χ3n) is 4.28. The molecule has 0 aliphatic carbocycles. The third-order valence-corrected chi connectivity index (χ3v) is 5.64. The number of carbonyl (C=O) groups is 1. The minimum Gasteiger partial charge on any atom is -0.492 e. The summed E-state index contributed by atoms with van der Waals surface area (Å²) in [5.74, 6) is 0.308. The first kappa shape index (κ1) is 23.0. The van der Waals surface area contributed by atoms with Crippen molar-refractivity contribution in [2.45, 2.75) is 26.7 Å². The molecule has 6 nitrogen and oxygen atoms in total. The molecule has 1 N–H and O–H groups in total. The molecule has 158 valence electrons. The van der Waals surface area contributed by atoms with Crippen LogP contribution in [0.2, 0.25) is 5.02 Å². The highest BCUT2D eigenvalue weighted by Gasteiger charge is 2.22. The molecule has 0 atom stereocenters. The van der Waals surface area contributed by atoms with Crippen molar-refractivity contribution in [3.63, 3.8) is 0 Å². The lowest BCUT2D eigenvalue weighted by atomic mass is 10.1. The predicted molar refractivity (Wildman–Crippen MR) is 117 cm³/mol. The Bertz CT molecular complexity index is 930. The van der Waals surface area contributed by atoms with Gasteiger partial charge in [-0.3, -0.25) is 9.10 Å². The number of aryl methyl sites for hydroxylation is 2. The Morgan fingerprint density at radius 3 is 2.48 bits per heavy atom. The molecule has 0 radical (unpaired) electrons. The third kappa shape index (κ3) is 7.25. The highest BCUT2D eigenvalue weighted by Crippen LogP contribution is 2.26. The minimum atomic E-state index is -3.65. The van der Waals surface area contributed by atoms with Gasteiger partial charge in [-0.25, -0.2) is 8.42 Å². The van der Waals surface area contributed by atoms with Gasteiger partial charge in [0.15, 0.2) is 0 Å². The van der Waals surface area contributed by atoms with Crippen LogP contribution in [0.5, 0.6) is 5.75 Å². The van der Waals surface area contributed by atoms with Crippen LogP contribution in [-0.2, 0) is 21.2 Å². The Balaban J connectivity index is 1.89. The molecule has 0 spiro atoms. The van der Waals surface area contributed by atoms with E-state index in [0.29, 0.717) is 16.3 Å². The Morgan fingerprint density at radius 2 is 1.86 bits per heavy atom. The number of nitrogens with zero attached hydrogens (tertiary/aromatic N) is 1. The van der Waals surface area contributed by atoms with Crippen LogP contribution in [0.4, 0.5) is 5.69 Å². The Morgan fingerprint density at radius 1 is 1.17 bits per heavy atom. The van der Waals surface area contributed by atoms with Crippen LogP contribution in [-0.4, -0.2) is 40.3 Å². The average Bonchev–Trinajstić information content (AvgIpc) is 2.66. The van der Waals surface area contributed by atoms with Crippen molar-refractivity contribution in [2.24, 2.45) is 0 Å². The van der Waals surface area contributed by atoms with Gasteiger partial charge in [0, 0.05) is 5.02 Å². The number of ether oxygens (including phenoxy) is 1. The fourth-order valence-electron chi connectivity index (χ4n) is 2.82. The summed E-state index contributed by atoms with van der Waals surface area (Å²) in [6, 6.07) is 12.8. The lowest BCUT2D eigenvalue weighted by Crippen LogP contribution is -2.41. The molecule has 0 aliphatic heterocycles. The lowest BCUT2D eigenvalue weighted by molar-refractivity contribution is -0.119. The predicted octanol–water partition coefficient (Wildman–Crippen LogP) is 3.56. The van der Waals surface area contributed by atoms with Crippen molar-refractivity contribution in [1.82, 2.24) is 5.32 Å². The Labute approximate surface area is 177 Å². The molecule has 2 rings (SSSR count). The van der Waals surface area contributed by atoms with Crippen LogP contribution in [0.3, 0.4) is 0 Å². The van der Waals surface area contributed by atoms with Gasteiger partial charge in [0.1, 0.15) is 18.9 Å². The normalized spacial score (nSPS) is 11.2. The van der Waals surface area contributed by atoms with E-state index in [4.69, 9.17) is 16.3 Å². The number of benzene rings is 2. The van der Waals surface area contributed by atoms with E-state index in [1.54, 1.807) is 19.1 Å². The van der Waals surface area contributed by atoms with Gasteiger partial charge in [-0.1, -0.05) is 43.1 Å². The van der Waals surface area contributed by atoms with E-state index in [-0.39, 0.29) is 19.7 Å². The molecule has 0 aliphatic rings. The highest BCUT2D eigenvalue weighted by molar-refractivity contribution is 7.92. The van der Waals surface area contributed by atoms with Gasteiger partial charge in [-0.05, 0) is 48.7 Å². The van der Waals surface area contributed by atoms with E-state index in [1.165, 1.54) is 11.6 Å². The number of sulfonamides is 1. The van der Waals surface area contributed by atoms with Gasteiger partial charge in [-0.15, -0.1) is 0 Å². The van der Waals surface area contributed by atoms with E-state index in [0.717, 1.165) is 29.2 Å². The van der Waals surface area contributed by atoms with Gasteiger partial charge < -0.3 is 10.1 Å². The molecule has 29 heavy (non-hydrogen) atoms. The van der Waals surface area contributed by atoms with Gasteiger partial charge >= 0.3 is 0 Å². The van der Waals surface area contributed by atoms with E-state index in [9.17, 15) is 13.2 Å². The average molecular weight is 439 g/mol. The highest BCUT2D eigenvalue weighted by atomic mass is 35.5. The van der Waals surface area contributed by atoms with Gasteiger partial charge in [0.25, 0.3) is 0 Å². The van der Waals surface area contributed by atoms with E-state index >= 15 is 0 Å². The summed E-state index contributed by atoms with van der Waals surface area (Å²) in [5, 5.41) is 3.09. The Kier molecular flexibility index (Phi) is 8.34. The maximum atomic E-state index is 12.3. The first-order chi connectivity index (χ1) is 13.7. The largest absolute Gasteiger partial charge is 0.492 e. The second-order valence-electron chi connectivity index (χ2n) is 6.79. The quantitative estimate of drug-likeness (QED) is 0.575. The zero-order chi connectivity index (χ0) is 21.4. The summed E-state index contributed by atoms with van der Waals surface area (Å²) in [7, 11) is -3.65. The number of anilines is 1. The van der Waals surface area contributed by atoms with E-state index < -0.39 is 15.9 Å². The summed E-state index contributed by atoms with van der Waals surface area (Å²) in [5.41, 5.74) is 2.35. The van der Waals surface area contributed by atoms with Crippen LogP contribution >= 0.6 is 11.6 Å². The van der Waals surface area contributed by atoms with Crippen LogP contribution in [0.25, 0.3) is 0 Å².